The molecular weight excluding hydrogens is 260 g/mol. The zero-order valence-electron chi connectivity index (χ0n) is 9.93. The molecule has 0 fully saturated rings. The average molecular weight is 270 g/mol. The molecule has 0 aliphatic carbocycles. The Morgan fingerprint density at radius 2 is 2.05 bits per heavy atom. The molecule has 0 aliphatic heterocycles. The highest BCUT2D eigenvalue weighted by atomic mass is 32.2. The second-order valence-electron chi connectivity index (χ2n) is 3.74. The summed E-state index contributed by atoms with van der Waals surface area (Å²) >= 11 is 1.48. The Hall–Kier alpha value is -2.21. The van der Waals surface area contributed by atoms with E-state index in [4.69, 9.17) is 4.42 Å². The number of thioether (sulfide) groups is 1. The summed E-state index contributed by atoms with van der Waals surface area (Å²) in [6.45, 7) is 0. The van der Waals surface area contributed by atoms with E-state index in [-0.39, 0.29) is 0 Å². The first-order valence-corrected chi connectivity index (χ1v) is 6.67. The van der Waals surface area contributed by atoms with Crippen LogP contribution in [0.25, 0.3) is 11.6 Å². The molecule has 19 heavy (non-hydrogen) atoms. The van der Waals surface area contributed by atoms with E-state index in [1.54, 1.807) is 12.4 Å². The van der Waals surface area contributed by atoms with Gasteiger partial charge in [0.15, 0.2) is 0 Å². The fourth-order valence-electron chi connectivity index (χ4n) is 1.49. The first-order valence-electron chi connectivity index (χ1n) is 5.68. The molecular formula is C13H10N4OS. The zero-order valence-corrected chi connectivity index (χ0v) is 10.7. The van der Waals surface area contributed by atoms with Crippen molar-refractivity contribution < 1.29 is 4.42 Å². The third-order valence-electron chi connectivity index (χ3n) is 2.38. The summed E-state index contributed by atoms with van der Waals surface area (Å²) in [5.74, 6) is 1.19. The second-order valence-corrected chi connectivity index (χ2v) is 4.66. The van der Waals surface area contributed by atoms with Crippen molar-refractivity contribution in [2.75, 3.05) is 0 Å². The normalized spacial score (nSPS) is 10.5. The molecule has 3 heterocycles. The van der Waals surface area contributed by atoms with E-state index in [2.05, 4.69) is 20.2 Å². The van der Waals surface area contributed by atoms with Crippen LogP contribution in [0.1, 0.15) is 5.56 Å². The highest BCUT2D eigenvalue weighted by molar-refractivity contribution is 7.98. The number of hydrogen-bond donors (Lipinski definition) is 0. The van der Waals surface area contributed by atoms with Gasteiger partial charge < -0.3 is 4.42 Å². The smallest absolute Gasteiger partial charge is 0.277 e. The van der Waals surface area contributed by atoms with Crippen molar-refractivity contribution in [2.24, 2.45) is 0 Å². The molecule has 0 N–H and O–H groups in total. The summed E-state index contributed by atoms with van der Waals surface area (Å²) < 4.78 is 5.55. The molecule has 3 aromatic heterocycles. The van der Waals surface area contributed by atoms with Crippen LogP contribution < -0.4 is 0 Å². The van der Waals surface area contributed by atoms with Crippen molar-refractivity contribution in [2.45, 2.75) is 11.0 Å². The van der Waals surface area contributed by atoms with Crippen molar-refractivity contribution >= 4 is 11.8 Å². The van der Waals surface area contributed by atoms with Crippen LogP contribution >= 0.6 is 11.8 Å². The van der Waals surface area contributed by atoms with Gasteiger partial charge in [-0.1, -0.05) is 23.9 Å². The van der Waals surface area contributed by atoms with E-state index >= 15 is 0 Å². The predicted molar refractivity (Wildman–Crippen MR) is 71.3 cm³/mol. The Bertz CT molecular complexity index is 642. The molecule has 0 atom stereocenters. The fraction of sp³-hybridized carbons (Fsp3) is 0.0769. The van der Waals surface area contributed by atoms with Gasteiger partial charge in [-0.05, 0) is 23.8 Å². The molecule has 0 aliphatic rings. The number of pyridine rings is 2. The predicted octanol–water partition coefficient (Wildman–Crippen LogP) is 2.82. The third kappa shape index (κ3) is 2.97. The summed E-state index contributed by atoms with van der Waals surface area (Å²) in [5.41, 5.74) is 1.80. The van der Waals surface area contributed by atoms with Gasteiger partial charge >= 0.3 is 0 Å². The minimum Gasteiger partial charge on any atom is -0.410 e. The van der Waals surface area contributed by atoms with E-state index in [1.807, 2.05) is 36.5 Å². The molecule has 6 heteroatoms. The van der Waals surface area contributed by atoms with Crippen molar-refractivity contribution in [1.29, 1.82) is 0 Å². The summed E-state index contributed by atoms with van der Waals surface area (Å²) in [6, 6.07) is 9.48. The summed E-state index contributed by atoms with van der Waals surface area (Å²) in [5, 5.41) is 8.51. The lowest BCUT2D eigenvalue weighted by atomic mass is 10.3. The van der Waals surface area contributed by atoms with Gasteiger partial charge in [0, 0.05) is 24.3 Å². The lowest BCUT2D eigenvalue weighted by Gasteiger charge is -1.96. The number of nitrogens with zero attached hydrogens (tertiary/aromatic N) is 4. The van der Waals surface area contributed by atoms with Gasteiger partial charge in [-0.3, -0.25) is 9.97 Å². The Labute approximate surface area is 114 Å². The highest BCUT2D eigenvalue weighted by Gasteiger charge is 2.09. The number of aromatic nitrogens is 4. The van der Waals surface area contributed by atoms with Crippen LogP contribution in [0, 0.1) is 0 Å². The maximum atomic E-state index is 5.55. The van der Waals surface area contributed by atoms with Crippen molar-refractivity contribution in [3.63, 3.8) is 0 Å². The number of rotatable bonds is 4. The molecule has 0 saturated carbocycles. The molecule has 0 amide bonds. The molecule has 3 aromatic rings. The molecule has 0 spiro atoms. The largest absolute Gasteiger partial charge is 0.410 e. The standard InChI is InChI=1S/C13H10N4OS/c1-2-7-15-11(5-1)12-16-17-13(18-12)19-9-10-4-3-6-14-8-10/h1-8H,9H2. The SMILES string of the molecule is c1ccc(-c2nnc(SCc3cccnc3)o2)nc1. The van der Waals surface area contributed by atoms with Crippen LogP contribution in [0.5, 0.6) is 0 Å². The lowest BCUT2D eigenvalue weighted by molar-refractivity contribution is 0.464. The average Bonchev–Trinajstić information content (AvgIpc) is 2.96. The van der Waals surface area contributed by atoms with Crippen LogP contribution in [0.15, 0.2) is 58.6 Å². The quantitative estimate of drug-likeness (QED) is 0.679. The third-order valence-corrected chi connectivity index (χ3v) is 3.27. The zero-order chi connectivity index (χ0) is 12.9. The Balaban J connectivity index is 1.69. The van der Waals surface area contributed by atoms with Gasteiger partial charge in [0.1, 0.15) is 5.69 Å². The van der Waals surface area contributed by atoms with E-state index in [1.165, 1.54) is 11.8 Å². The molecule has 5 nitrogen and oxygen atoms in total. The topological polar surface area (TPSA) is 64.7 Å². The van der Waals surface area contributed by atoms with Gasteiger partial charge in [-0.25, -0.2) is 0 Å². The molecule has 0 saturated heterocycles. The maximum Gasteiger partial charge on any atom is 0.277 e. The monoisotopic (exact) mass is 270 g/mol. The first kappa shape index (κ1) is 11.9. The summed E-state index contributed by atoms with van der Waals surface area (Å²) in [4.78, 5) is 8.22. The molecule has 3 rings (SSSR count). The summed E-state index contributed by atoms with van der Waals surface area (Å²) in [6.07, 6.45) is 5.27. The molecule has 0 radical (unpaired) electrons. The Kier molecular flexibility index (Phi) is 3.51. The fourth-order valence-corrected chi connectivity index (χ4v) is 2.19. The van der Waals surface area contributed by atoms with Crippen molar-refractivity contribution in [3.05, 3.63) is 54.5 Å². The van der Waals surface area contributed by atoms with Crippen LogP contribution in [-0.4, -0.2) is 20.2 Å². The molecule has 0 aromatic carbocycles. The van der Waals surface area contributed by atoms with Crippen LogP contribution in [0.2, 0.25) is 0 Å². The highest BCUT2D eigenvalue weighted by Crippen LogP contribution is 2.24. The van der Waals surface area contributed by atoms with E-state index in [9.17, 15) is 0 Å². The Morgan fingerprint density at radius 1 is 1.05 bits per heavy atom. The van der Waals surface area contributed by atoms with Gasteiger partial charge in [-0.2, -0.15) is 0 Å². The van der Waals surface area contributed by atoms with E-state index in [0.717, 1.165) is 11.3 Å². The molecule has 0 bridgehead atoms. The van der Waals surface area contributed by atoms with Gasteiger partial charge in [0.2, 0.25) is 0 Å². The lowest BCUT2D eigenvalue weighted by Crippen LogP contribution is -1.81. The molecule has 94 valence electrons. The minimum absolute atomic E-state index is 0.439. The summed E-state index contributed by atoms with van der Waals surface area (Å²) in [7, 11) is 0. The van der Waals surface area contributed by atoms with Gasteiger partial charge in [0.05, 0.1) is 0 Å². The van der Waals surface area contributed by atoms with Crippen LogP contribution in [-0.2, 0) is 5.75 Å². The van der Waals surface area contributed by atoms with E-state index in [0.29, 0.717) is 16.8 Å². The van der Waals surface area contributed by atoms with Crippen LogP contribution in [0.4, 0.5) is 0 Å². The Morgan fingerprint density at radius 3 is 2.84 bits per heavy atom. The first-order chi connectivity index (χ1) is 9.42. The maximum absolute atomic E-state index is 5.55. The van der Waals surface area contributed by atoms with Gasteiger partial charge in [-0.15, -0.1) is 10.2 Å². The second kappa shape index (κ2) is 5.62. The van der Waals surface area contributed by atoms with Crippen molar-refractivity contribution in [3.8, 4) is 11.6 Å². The molecule has 0 unspecified atom stereocenters. The van der Waals surface area contributed by atoms with E-state index < -0.39 is 0 Å². The number of hydrogen-bond acceptors (Lipinski definition) is 6. The van der Waals surface area contributed by atoms with Crippen LogP contribution in [0.3, 0.4) is 0 Å². The minimum atomic E-state index is 0.439. The van der Waals surface area contributed by atoms with Gasteiger partial charge in [0.25, 0.3) is 11.1 Å². The van der Waals surface area contributed by atoms with Crippen molar-refractivity contribution in [1.82, 2.24) is 20.2 Å².